The van der Waals surface area contributed by atoms with Gasteiger partial charge in [0.2, 0.25) is 0 Å². The second kappa shape index (κ2) is 6.18. The summed E-state index contributed by atoms with van der Waals surface area (Å²) in [5.41, 5.74) is 2.11. The zero-order valence-electron chi connectivity index (χ0n) is 11.0. The molecule has 100 valence electrons. The lowest BCUT2D eigenvalue weighted by molar-refractivity contribution is 0.492. The van der Waals surface area contributed by atoms with Gasteiger partial charge in [-0.05, 0) is 37.1 Å². The molecule has 2 rings (SSSR count). The lowest BCUT2D eigenvalue weighted by Crippen LogP contribution is -2.22. The summed E-state index contributed by atoms with van der Waals surface area (Å²) >= 11 is 5.69. The second-order valence-electron chi connectivity index (χ2n) is 4.69. The Kier molecular flexibility index (Phi) is 4.56. The molecule has 1 unspecified atom stereocenters. The zero-order valence-corrected chi connectivity index (χ0v) is 11.8. The van der Waals surface area contributed by atoms with Crippen molar-refractivity contribution >= 4 is 11.6 Å². The molecule has 2 aromatic carbocycles. The van der Waals surface area contributed by atoms with Crippen LogP contribution in [-0.2, 0) is 0 Å². The molecule has 3 heteroatoms. The van der Waals surface area contributed by atoms with Crippen molar-refractivity contribution in [3.63, 3.8) is 0 Å². The van der Waals surface area contributed by atoms with Crippen LogP contribution in [0.1, 0.15) is 37.1 Å². The first-order chi connectivity index (χ1) is 9.08. The van der Waals surface area contributed by atoms with Crippen molar-refractivity contribution in [1.29, 1.82) is 0 Å². The quantitative estimate of drug-likeness (QED) is 0.839. The highest BCUT2D eigenvalue weighted by Gasteiger charge is 2.12. The van der Waals surface area contributed by atoms with Crippen LogP contribution in [0.4, 0.5) is 4.39 Å². The minimum Gasteiger partial charge on any atom is -0.304 e. The second-order valence-corrected chi connectivity index (χ2v) is 5.10. The Bertz CT molecular complexity index is 542. The number of nitrogens with one attached hydrogen (secondary N) is 1. The van der Waals surface area contributed by atoms with Gasteiger partial charge in [-0.25, -0.2) is 4.39 Å². The van der Waals surface area contributed by atoms with Gasteiger partial charge in [0, 0.05) is 12.1 Å². The van der Waals surface area contributed by atoms with Gasteiger partial charge in [-0.1, -0.05) is 48.0 Å². The van der Waals surface area contributed by atoms with E-state index < -0.39 is 0 Å². The molecule has 0 saturated carbocycles. The minimum absolute atomic E-state index is 0.0574. The first-order valence-corrected chi connectivity index (χ1v) is 6.71. The van der Waals surface area contributed by atoms with E-state index >= 15 is 0 Å². The summed E-state index contributed by atoms with van der Waals surface area (Å²) in [5, 5.41) is 3.61. The largest absolute Gasteiger partial charge is 0.304 e. The molecule has 0 aliphatic rings. The van der Waals surface area contributed by atoms with Gasteiger partial charge in [0.25, 0.3) is 0 Å². The highest BCUT2D eigenvalue weighted by Crippen LogP contribution is 2.22. The van der Waals surface area contributed by atoms with Crippen molar-refractivity contribution in [2.24, 2.45) is 0 Å². The van der Waals surface area contributed by atoms with Crippen molar-refractivity contribution < 1.29 is 4.39 Å². The summed E-state index contributed by atoms with van der Waals surface area (Å²) in [4.78, 5) is 0. The molecule has 0 amide bonds. The fourth-order valence-electron chi connectivity index (χ4n) is 2.09. The van der Waals surface area contributed by atoms with Crippen molar-refractivity contribution in [1.82, 2.24) is 5.32 Å². The molecular weight excluding hydrogens is 261 g/mol. The van der Waals surface area contributed by atoms with Crippen LogP contribution < -0.4 is 5.32 Å². The van der Waals surface area contributed by atoms with Crippen LogP contribution in [-0.4, -0.2) is 0 Å². The molecule has 0 aliphatic carbocycles. The lowest BCUT2D eigenvalue weighted by atomic mass is 10.0. The van der Waals surface area contributed by atoms with Crippen LogP contribution in [0.15, 0.2) is 48.5 Å². The molecule has 0 radical (unpaired) electrons. The van der Waals surface area contributed by atoms with E-state index in [2.05, 4.69) is 24.4 Å². The Morgan fingerprint density at radius 3 is 2.21 bits per heavy atom. The predicted octanol–water partition coefficient (Wildman–Crippen LogP) is 4.89. The summed E-state index contributed by atoms with van der Waals surface area (Å²) in [6, 6.07) is 15.4. The van der Waals surface area contributed by atoms with Crippen LogP contribution >= 0.6 is 11.6 Å². The van der Waals surface area contributed by atoms with Crippen molar-refractivity contribution in [3.8, 4) is 0 Å². The smallest absolute Gasteiger partial charge is 0.142 e. The van der Waals surface area contributed by atoms with Gasteiger partial charge in [-0.3, -0.25) is 0 Å². The fraction of sp³-hybridized carbons (Fsp3) is 0.250. The number of halogens is 2. The van der Waals surface area contributed by atoms with E-state index in [-0.39, 0.29) is 22.9 Å². The first-order valence-electron chi connectivity index (χ1n) is 6.34. The number of rotatable bonds is 4. The van der Waals surface area contributed by atoms with Crippen molar-refractivity contribution in [3.05, 3.63) is 70.5 Å². The third-order valence-corrected chi connectivity index (χ3v) is 3.55. The van der Waals surface area contributed by atoms with Gasteiger partial charge in [0.05, 0.1) is 5.02 Å². The molecule has 0 saturated heterocycles. The highest BCUT2D eigenvalue weighted by molar-refractivity contribution is 6.30. The van der Waals surface area contributed by atoms with Gasteiger partial charge in [0.1, 0.15) is 5.82 Å². The fourth-order valence-corrected chi connectivity index (χ4v) is 2.21. The van der Waals surface area contributed by atoms with Crippen LogP contribution in [0.3, 0.4) is 0 Å². The van der Waals surface area contributed by atoms with Crippen LogP contribution in [0.5, 0.6) is 0 Å². The van der Waals surface area contributed by atoms with E-state index in [1.807, 2.05) is 31.2 Å². The lowest BCUT2D eigenvalue weighted by Gasteiger charge is -2.21. The van der Waals surface area contributed by atoms with Gasteiger partial charge in [-0.2, -0.15) is 0 Å². The van der Waals surface area contributed by atoms with E-state index in [0.717, 1.165) is 5.56 Å². The third-order valence-electron chi connectivity index (χ3n) is 3.24. The van der Waals surface area contributed by atoms with Crippen LogP contribution in [0.25, 0.3) is 0 Å². The summed E-state index contributed by atoms with van der Waals surface area (Å²) in [7, 11) is 0. The van der Waals surface area contributed by atoms with E-state index in [1.165, 1.54) is 11.6 Å². The number of hydrogen-bond donors (Lipinski definition) is 1. The topological polar surface area (TPSA) is 12.0 Å². The normalized spacial score (nSPS) is 14.1. The SMILES string of the molecule is CC(N[C@H](C)c1ccccc1)c1ccc(Cl)c(F)c1. The third kappa shape index (κ3) is 3.55. The zero-order chi connectivity index (χ0) is 13.8. The molecule has 0 spiro atoms. The van der Waals surface area contributed by atoms with E-state index in [1.54, 1.807) is 6.07 Å². The Labute approximate surface area is 118 Å². The predicted molar refractivity (Wildman–Crippen MR) is 77.8 cm³/mol. The molecule has 0 aliphatic heterocycles. The van der Waals surface area contributed by atoms with Gasteiger partial charge >= 0.3 is 0 Å². The van der Waals surface area contributed by atoms with E-state index in [0.29, 0.717) is 0 Å². The van der Waals surface area contributed by atoms with Crippen molar-refractivity contribution in [2.45, 2.75) is 25.9 Å². The first kappa shape index (κ1) is 14.0. The molecule has 1 nitrogen and oxygen atoms in total. The van der Waals surface area contributed by atoms with Crippen LogP contribution in [0, 0.1) is 5.82 Å². The maximum atomic E-state index is 13.4. The summed E-state index contributed by atoms with van der Waals surface area (Å²) in [6.45, 7) is 4.11. The summed E-state index contributed by atoms with van der Waals surface area (Å²) in [5.74, 6) is -0.375. The standard InChI is InChI=1S/C16H17ClFN/c1-11(13-6-4-3-5-7-13)19-12(2)14-8-9-15(17)16(18)10-14/h3-12,19H,1-2H3/t11-,12?/m1/s1. The van der Waals surface area contributed by atoms with E-state index in [4.69, 9.17) is 11.6 Å². The maximum absolute atomic E-state index is 13.4. The summed E-state index contributed by atoms with van der Waals surface area (Å²) in [6.07, 6.45) is 0. The molecular formula is C16H17ClFN. The van der Waals surface area contributed by atoms with Gasteiger partial charge in [0.15, 0.2) is 0 Å². The van der Waals surface area contributed by atoms with E-state index in [9.17, 15) is 4.39 Å². The molecule has 0 fully saturated rings. The summed E-state index contributed by atoms with van der Waals surface area (Å²) < 4.78 is 13.4. The Balaban J connectivity index is 2.08. The molecule has 2 atom stereocenters. The average molecular weight is 278 g/mol. The number of benzene rings is 2. The molecule has 1 N–H and O–H groups in total. The molecule has 0 aromatic heterocycles. The van der Waals surface area contributed by atoms with Gasteiger partial charge in [-0.15, -0.1) is 0 Å². The Hall–Kier alpha value is -1.38. The molecule has 2 aromatic rings. The average Bonchev–Trinajstić information content (AvgIpc) is 2.42. The monoisotopic (exact) mass is 277 g/mol. The Morgan fingerprint density at radius 2 is 1.58 bits per heavy atom. The maximum Gasteiger partial charge on any atom is 0.142 e. The minimum atomic E-state index is -0.375. The molecule has 0 heterocycles. The Morgan fingerprint density at radius 1 is 0.947 bits per heavy atom. The van der Waals surface area contributed by atoms with Crippen molar-refractivity contribution in [2.75, 3.05) is 0 Å². The molecule has 0 bridgehead atoms. The highest BCUT2D eigenvalue weighted by atomic mass is 35.5. The van der Waals surface area contributed by atoms with Gasteiger partial charge < -0.3 is 5.32 Å². The van der Waals surface area contributed by atoms with Crippen LogP contribution in [0.2, 0.25) is 5.02 Å². The molecule has 19 heavy (non-hydrogen) atoms. The number of hydrogen-bond acceptors (Lipinski definition) is 1.